The number of carbonyl (C=O) groups excluding carboxylic acids is 1. The summed E-state index contributed by atoms with van der Waals surface area (Å²) in [6.07, 6.45) is 0.819. The van der Waals surface area contributed by atoms with E-state index in [2.05, 4.69) is 32.1 Å². The van der Waals surface area contributed by atoms with Crippen LogP contribution in [0, 0.1) is 10.1 Å². The summed E-state index contributed by atoms with van der Waals surface area (Å²) in [6, 6.07) is 6.45. The van der Waals surface area contributed by atoms with Crippen LogP contribution in [-0.4, -0.2) is 69.6 Å². The molecule has 0 saturated carbocycles. The molecule has 4 rings (SSSR count). The van der Waals surface area contributed by atoms with Crippen molar-refractivity contribution in [3.63, 3.8) is 0 Å². The molecular formula is C23H28N6O4S. The van der Waals surface area contributed by atoms with Crippen molar-refractivity contribution in [2.75, 3.05) is 38.5 Å². The maximum absolute atomic E-state index is 12.5. The Kier molecular flexibility index (Phi) is 6.78. The zero-order valence-electron chi connectivity index (χ0n) is 19.7. The second kappa shape index (κ2) is 9.61. The Hall–Kier alpha value is -3.15. The fourth-order valence-electron chi connectivity index (χ4n) is 3.85. The second-order valence-corrected chi connectivity index (χ2v) is 10.4. The Labute approximate surface area is 201 Å². The van der Waals surface area contributed by atoms with E-state index in [4.69, 9.17) is 4.74 Å². The van der Waals surface area contributed by atoms with Crippen molar-refractivity contribution in [2.45, 2.75) is 32.9 Å². The van der Waals surface area contributed by atoms with Gasteiger partial charge >= 0.3 is 6.09 Å². The highest BCUT2D eigenvalue weighted by Gasteiger charge is 2.24. The number of nitro benzene ring substituents is 1. The number of piperazine rings is 1. The predicted octanol–water partition coefficient (Wildman–Crippen LogP) is 4.36. The van der Waals surface area contributed by atoms with Crippen molar-refractivity contribution >= 4 is 39.2 Å². The number of hydrogen-bond donors (Lipinski definition) is 1. The average Bonchev–Trinajstić information content (AvgIpc) is 3.13. The molecule has 2 aromatic heterocycles. The molecule has 1 saturated heterocycles. The van der Waals surface area contributed by atoms with Crippen LogP contribution in [0.1, 0.15) is 25.6 Å². The summed E-state index contributed by atoms with van der Waals surface area (Å²) in [5.41, 5.74) is 1.05. The smallest absolute Gasteiger partial charge is 0.413 e. The molecule has 0 spiro atoms. The van der Waals surface area contributed by atoms with Crippen LogP contribution >= 0.6 is 11.3 Å². The van der Waals surface area contributed by atoms with Crippen molar-refractivity contribution in [2.24, 2.45) is 0 Å². The molecule has 1 amide bonds. The number of nitrogens with zero attached hydrogens (tertiary/aromatic N) is 5. The largest absolute Gasteiger partial charge is 0.444 e. The van der Waals surface area contributed by atoms with Crippen LogP contribution in [0.3, 0.4) is 0 Å². The highest BCUT2D eigenvalue weighted by molar-refractivity contribution is 7.19. The van der Waals surface area contributed by atoms with E-state index in [0.717, 1.165) is 47.0 Å². The van der Waals surface area contributed by atoms with Crippen LogP contribution in [-0.2, 0) is 11.3 Å². The zero-order chi connectivity index (χ0) is 24.5. The van der Waals surface area contributed by atoms with Gasteiger partial charge in [0.05, 0.1) is 10.3 Å². The maximum atomic E-state index is 12.5. The number of likely N-dealkylation sites (N-methyl/N-ethyl adjacent to an activating group) is 1. The lowest BCUT2D eigenvalue weighted by molar-refractivity contribution is -0.384. The number of nitro groups is 1. The van der Waals surface area contributed by atoms with Gasteiger partial charge in [0, 0.05) is 55.3 Å². The quantitative estimate of drug-likeness (QED) is 0.420. The molecule has 1 aromatic carbocycles. The highest BCUT2D eigenvalue weighted by atomic mass is 32.1. The molecule has 1 aliphatic rings. The second-order valence-electron chi connectivity index (χ2n) is 9.31. The number of nitrogens with one attached hydrogen (secondary N) is 1. The van der Waals surface area contributed by atoms with Gasteiger partial charge in [0.2, 0.25) is 0 Å². The fourth-order valence-corrected chi connectivity index (χ4v) is 5.05. The molecule has 1 N–H and O–H groups in total. The Morgan fingerprint density at radius 3 is 2.47 bits per heavy atom. The Morgan fingerprint density at radius 1 is 1.18 bits per heavy atom. The highest BCUT2D eigenvalue weighted by Crippen LogP contribution is 2.42. The van der Waals surface area contributed by atoms with Crippen molar-refractivity contribution in [3.8, 4) is 11.1 Å². The minimum absolute atomic E-state index is 0.0206. The number of carbonyl (C=O) groups is 1. The third-order valence-electron chi connectivity index (χ3n) is 5.51. The first-order valence-corrected chi connectivity index (χ1v) is 11.8. The molecule has 180 valence electrons. The number of ether oxygens (including phenoxy) is 1. The molecule has 0 atom stereocenters. The third-order valence-corrected chi connectivity index (χ3v) is 6.59. The van der Waals surface area contributed by atoms with Crippen molar-refractivity contribution in [3.05, 3.63) is 45.6 Å². The van der Waals surface area contributed by atoms with E-state index in [1.54, 1.807) is 44.2 Å². The van der Waals surface area contributed by atoms with Crippen molar-refractivity contribution in [1.82, 2.24) is 19.8 Å². The number of amides is 1. The van der Waals surface area contributed by atoms with Crippen LogP contribution in [0.4, 0.5) is 16.3 Å². The Morgan fingerprint density at radius 2 is 1.85 bits per heavy atom. The van der Waals surface area contributed by atoms with Crippen LogP contribution in [0.5, 0.6) is 0 Å². The van der Waals surface area contributed by atoms with Gasteiger partial charge in [0.25, 0.3) is 5.69 Å². The van der Waals surface area contributed by atoms with E-state index in [1.165, 1.54) is 18.5 Å². The first-order chi connectivity index (χ1) is 16.1. The summed E-state index contributed by atoms with van der Waals surface area (Å²) in [7, 11) is 2.11. The summed E-state index contributed by atoms with van der Waals surface area (Å²) in [5.74, 6) is 0.355. The van der Waals surface area contributed by atoms with Crippen LogP contribution < -0.4 is 5.32 Å². The number of non-ortho nitro benzene ring substituents is 1. The van der Waals surface area contributed by atoms with E-state index >= 15 is 0 Å². The topological polar surface area (TPSA) is 114 Å². The number of anilines is 1. The molecule has 0 aliphatic carbocycles. The fraction of sp³-hybridized carbons (Fsp3) is 0.435. The molecule has 0 unspecified atom stereocenters. The molecule has 0 bridgehead atoms. The minimum Gasteiger partial charge on any atom is -0.444 e. The SMILES string of the molecule is CN1CCN(Cc2sc3ncnc(NC(=O)OC(C)(C)C)c3c2-c2ccc([N+](=O)[O-])cc2)CC1. The van der Waals surface area contributed by atoms with Crippen molar-refractivity contribution < 1.29 is 14.5 Å². The summed E-state index contributed by atoms with van der Waals surface area (Å²) >= 11 is 1.55. The molecular weight excluding hydrogens is 456 g/mol. The number of benzene rings is 1. The zero-order valence-corrected chi connectivity index (χ0v) is 20.5. The van der Waals surface area contributed by atoms with Gasteiger partial charge in [-0.1, -0.05) is 0 Å². The first kappa shape index (κ1) is 24.0. The van der Waals surface area contributed by atoms with Crippen molar-refractivity contribution in [1.29, 1.82) is 0 Å². The number of fused-ring (bicyclic) bond motifs is 1. The average molecular weight is 485 g/mol. The van der Waals surface area contributed by atoms with E-state index in [0.29, 0.717) is 17.7 Å². The van der Waals surface area contributed by atoms with E-state index in [1.807, 2.05) is 0 Å². The van der Waals surface area contributed by atoms with Gasteiger partial charge in [-0.05, 0) is 45.5 Å². The number of aromatic nitrogens is 2. The van der Waals surface area contributed by atoms with Gasteiger partial charge in [-0.25, -0.2) is 14.8 Å². The number of rotatable bonds is 5. The van der Waals surface area contributed by atoms with E-state index in [9.17, 15) is 14.9 Å². The van der Waals surface area contributed by atoms with Gasteiger partial charge in [-0.15, -0.1) is 11.3 Å². The van der Waals surface area contributed by atoms with Gasteiger partial charge < -0.3 is 9.64 Å². The van der Waals surface area contributed by atoms with Gasteiger partial charge in [0.1, 0.15) is 22.6 Å². The molecule has 1 fully saturated rings. The lowest BCUT2D eigenvalue weighted by atomic mass is 10.0. The Bertz CT molecular complexity index is 1200. The predicted molar refractivity (Wildman–Crippen MR) is 132 cm³/mol. The number of hydrogen-bond acceptors (Lipinski definition) is 9. The molecule has 11 heteroatoms. The lowest BCUT2D eigenvalue weighted by Crippen LogP contribution is -2.43. The molecule has 0 radical (unpaired) electrons. The maximum Gasteiger partial charge on any atom is 0.413 e. The number of thiophene rings is 1. The normalized spacial score (nSPS) is 15.4. The lowest BCUT2D eigenvalue weighted by Gasteiger charge is -2.32. The summed E-state index contributed by atoms with van der Waals surface area (Å²) < 4.78 is 5.42. The van der Waals surface area contributed by atoms with Gasteiger partial charge in [0.15, 0.2) is 0 Å². The van der Waals surface area contributed by atoms with E-state index in [-0.39, 0.29) is 5.69 Å². The van der Waals surface area contributed by atoms with Crippen LogP contribution in [0.25, 0.3) is 21.3 Å². The molecule has 3 heterocycles. The van der Waals surface area contributed by atoms with Crippen LogP contribution in [0.15, 0.2) is 30.6 Å². The first-order valence-electron chi connectivity index (χ1n) is 11.0. The Balaban J connectivity index is 1.78. The van der Waals surface area contributed by atoms with Crippen LogP contribution in [0.2, 0.25) is 0 Å². The summed E-state index contributed by atoms with van der Waals surface area (Å²) in [6.45, 7) is 9.97. The standard InChI is InChI=1S/C23H28N6O4S/c1-23(2,3)33-22(30)26-20-19-18(15-5-7-16(8-6-15)29(31)32)17(34-21(19)25-14-24-20)13-28-11-9-27(4)10-12-28/h5-8,14H,9-13H2,1-4H3,(H,24,25,26,30). The molecule has 3 aromatic rings. The third kappa shape index (κ3) is 5.49. The summed E-state index contributed by atoms with van der Waals surface area (Å²) in [4.78, 5) is 38.6. The van der Waals surface area contributed by atoms with Gasteiger partial charge in [-0.3, -0.25) is 20.3 Å². The molecule has 1 aliphatic heterocycles. The monoisotopic (exact) mass is 484 g/mol. The summed E-state index contributed by atoms with van der Waals surface area (Å²) in [5, 5.41) is 14.6. The van der Waals surface area contributed by atoms with E-state index < -0.39 is 16.6 Å². The molecule has 10 nitrogen and oxygen atoms in total. The van der Waals surface area contributed by atoms with Gasteiger partial charge in [-0.2, -0.15) is 0 Å². The molecule has 34 heavy (non-hydrogen) atoms. The minimum atomic E-state index is -0.654.